The van der Waals surface area contributed by atoms with Crippen molar-refractivity contribution in [3.8, 4) is 0 Å². The van der Waals surface area contributed by atoms with Crippen molar-refractivity contribution in [1.29, 1.82) is 0 Å². The van der Waals surface area contributed by atoms with E-state index in [0.29, 0.717) is 5.92 Å². The zero-order valence-corrected chi connectivity index (χ0v) is 8.50. The predicted molar refractivity (Wildman–Crippen MR) is 53.3 cm³/mol. The number of rotatable bonds is 1. The third-order valence-corrected chi connectivity index (χ3v) is 3.92. The average molecular weight is 183 g/mol. The van der Waals surface area contributed by atoms with Crippen LogP contribution in [-0.4, -0.2) is 16.7 Å². The van der Waals surface area contributed by atoms with Crippen LogP contribution in [0.3, 0.4) is 0 Å². The van der Waals surface area contributed by atoms with Crippen molar-refractivity contribution in [3.05, 3.63) is 0 Å². The molecule has 0 radical (unpaired) electrons. The van der Waals surface area contributed by atoms with Crippen LogP contribution in [-0.2, 0) is 0 Å². The van der Waals surface area contributed by atoms with E-state index in [9.17, 15) is 5.11 Å². The minimum Gasteiger partial charge on any atom is -0.393 e. The summed E-state index contributed by atoms with van der Waals surface area (Å²) in [7, 11) is 0. The maximum atomic E-state index is 9.88. The van der Waals surface area contributed by atoms with Gasteiger partial charge in [0.05, 0.1) is 6.10 Å². The maximum absolute atomic E-state index is 9.88. The van der Waals surface area contributed by atoms with Gasteiger partial charge in [-0.25, -0.2) is 0 Å². The lowest BCUT2D eigenvalue weighted by Gasteiger charge is -2.51. The van der Waals surface area contributed by atoms with Gasteiger partial charge in [0.1, 0.15) is 0 Å². The molecule has 0 amide bonds. The van der Waals surface area contributed by atoms with Crippen molar-refractivity contribution in [3.63, 3.8) is 0 Å². The van der Waals surface area contributed by atoms with Crippen LogP contribution in [0.4, 0.5) is 0 Å². The van der Waals surface area contributed by atoms with Gasteiger partial charge in [0, 0.05) is 11.5 Å². The second-order valence-electron chi connectivity index (χ2n) is 5.20. The predicted octanol–water partition coefficient (Wildman–Crippen LogP) is 1.66. The Morgan fingerprint density at radius 1 is 1.23 bits per heavy atom. The van der Waals surface area contributed by atoms with Gasteiger partial charge in [-0.1, -0.05) is 19.8 Å². The first-order valence-corrected chi connectivity index (χ1v) is 5.59. The molecular formula is C11H21NO. The molecule has 0 aliphatic heterocycles. The number of hydrogen-bond acceptors (Lipinski definition) is 2. The van der Waals surface area contributed by atoms with Crippen molar-refractivity contribution in [1.82, 2.24) is 0 Å². The van der Waals surface area contributed by atoms with Crippen molar-refractivity contribution in [2.75, 3.05) is 0 Å². The number of hydrogen-bond donors (Lipinski definition) is 2. The molecule has 2 aliphatic carbocycles. The van der Waals surface area contributed by atoms with Gasteiger partial charge in [0.2, 0.25) is 0 Å². The van der Waals surface area contributed by atoms with Crippen molar-refractivity contribution >= 4 is 0 Å². The van der Waals surface area contributed by atoms with Crippen LogP contribution in [0, 0.1) is 11.8 Å². The summed E-state index contributed by atoms with van der Waals surface area (Å²) in [5.74, 6) is 1.16. The third-order valence-electron chi connectivity index (χ3n) is 3.92. The highest BCUT2D eigenvalue weighted by molar-refractivity contribution is 5.04. The van der Waals surface area contributed by atoms with Crippen LogP contribution in [0.2, 0.25) is 0 Å². The number of aliphatic hydroxyl groups excluding tert-OH is 1. The summed E-state index contributed by atoms with van der Waals surface area (Å²) in [4.78, 5) is 0. The minimum absolute atomic E-state index is 0.0146. The topological polar surface area (TPSA) is 46.2 Å². The van der Waals surface area contributed by atoms with Gasteiger partial charge in [0.15, 0.2) is 0 Å². The molecule has 0 aromatic carbocycles. The van der Waals surface area contributed by atoms with Gasteiger partial charge in [-0.3, -0.25) is 0 Å². The summed E-state index contributed by atoms with van der Waals surface area (Å²) in [6, 6.07) is 0. The largest absolute Gasteiger partial charge is 0.393 e. The van der Waals surface area contributed by atoms with E-state index in [2.05, 4.69) is 6.92 Å². The van der Waals surface area contributed by atoms with Crippen LogP contribution in [0.5, 0.6) is 0 Å². The highest BCUT2D eigenvalue weighted by atomic mass is 16.3. The zero-order chi connectivity index (χ0) is 9.47. The Labute approximate surface area is 80.5 Å². The summed E-state index contributed by atoms with van der Waals surface area (Å²) >= 11 is 0. The van der Waals surface area contributed by atoms with Gasteiger partial charge < -0.3 is 10.8 Å². The normalized spacial score (nSPS) is 51.5. The Kier molecular flexibility index (Phi) is 2.37. The molecule has 0 aromatic rings. The van der Waals surface area contributed by atoms with E-state index >= 15 is 0 Å². The molecule has 0 saturated heterocycles. The fourth-order valence-corrected chi connectivity index (χ4v) is 3.32. The molecular weight excluding hydrogens is 162 g/mol. The summed E-state index contributed by atoms with van der Waals surface area (Å²) in [5.41, 5.74) is 6.28. The quantitative estimate of drug-likeness (QED) is 0.649. The van der Waals surface area contributed by atoms with Gasteiger partial charge >= 0.3 is 0 Å². The Hall–Kier alpha value is -0.0800. The molecule has 0 aromatic heterocycles. The van der Waals surface area contributed by atoms with Crippen molar-refractivity contribution in [2.24, 2.45) is 17.6 Å². The highest BCUT2D eigenvalue weighted by Crippen LogP contribution is 2.45. The summed E-state index contributed by atoms with van der Waals surface area (Å²) in [6.07, 6.45) is 6.68. The molecule has 2 rings (SSSR count). The fourth-order valence-electron chi connectivity index (χ4n) is 3.32. The number of nitrogens with two attached hydrogens (primary N) is 1. The van der Waals surface area contributed by atoms with Crippen LogP contribution < -0.4 is 5.73 Å². The Balaban J connectivity index is 1.98. The molecule has 2 aliphatic rings. The van der Waals surface area contributed by atoms with Crippen LogP contribution >= 0.6 is 0 Å². The minimum atomic E-state index is -0.119. The fraction of sp³-hybridized carbons (Fsp3) is 1.00. The molecule has 2 heteroatoms. The SMILES string of the molecule is CC1CC(N)(C2CCCCC2O)C1. The highest BCUT2D eigenvalue weighted by Gasteiger charge is 2.47. The molecule has 2 fully saturated rings. The standard InChI is InChI=1S/C11H21NO/c1-8-6-11(12,7-8)9-4-2-3-5-10(9)13/h8-10,13H,2-7,12H2,1H3. The lowest BCUT2D eigenvalue weighted by molar-refractivity contribution is -0.0233. The molecule has 3 N–H and O–H groups in total. The van der Waals surface area contributed by atoms with Crippen molar-refractivity contribution < 1.29 is 5.11 Å². The monoisotopic (exact) mass is 183 g/mol. The van der Waals surface area contributed by atoms with Crippen LogP contribution in [0.15, 0.2) is 0 Å². The van der Waals surface area contributed by atoms with Gasteiger partial charge in [-0.05, 0) is 31.6 Å². The third kappa shape index (κ3) is 1.62. The average Bonchev–Trinajstić information content (AvgIpc) is 2.02. The van der Waals surface area contributed by atoms with Crippen molar-refractivity contribution in [2.45, 2.75) is 57.1 Å². The second-order valence-corrected chi connectivity index (χ2v) is 5.20. The van der Waals surface area contributed by atoms with E-state index in [-0.39, 0.29) is 11.6 Å². The lowest BCUT2D eigenvalue weighted by atomic mass is 9.59. The zero-order valence-electron chi connectivity index (χ0n) is 8.50. The van der Waals surface area contributed by atoms with E-state index in [1.165, 1.54) is 12.8 Å². The molecule has 2 unspecified atom stereocenters. The summed E-state index contributed by atoms with van der Waals surface area (Å²) in [6.45, 7) is 2.25. The molecule has 2 atom stereocenters. The first-order chi connectivity index (χ1) is 6.12. The molecule has 13 heavy (non-hydrogen) atoms. The second kappa shape index (κ2) is 3.25. The number of aliphatic hydroxyl groups is 1. The molecule has 2 nitrogen and oxygen atoms in total. The van der Waals surface area contributed by atoms with E-state index in [1.54, 1.807) is 0 Å². The Morgan fingerprint density at radius 2 is 1.85 bits per heavy atom. The lowest BCUT2D eigenvalue weighted by Crippen LogP contribution is -2.60. The van der Waals surface area contributed by atoms with E-state index in [4.69, 9.17) is 5.73 Å². The van der Waals surface area contributed by atoms with Gasteiger partial charge in [-0.2, -0.15) is 0 Å². The molecule has 0 heterocycles. The van der Waals surface area contributed by atoms with Crippen LogP contribution in [0.25, 0.3) is 0 Å². The summed E-state index contributed by atoms with van der Waals surface area (Å²) in [5, 5.41) is 9.88. The van der Waals surface area contributed by atoms with Crippen LogP contribution in [0.1, 0.15) is 45.4 Å². The molecule has 0 spiro atoms. The smallest absolute Gasteiger partial charge is 0.0585 e. The first-order valence-electron chi connectivity index (χ1n) is 5.59. The maximum Gasteiger partial charge on any atom is 0.0585 e. The van der Waals surface area contributed by atoms with E-state index in [0.717, 1.165) is 31.6 Å². The first kappa shape index (κ1) is 9.47. The van der Waals surface area contributed by atoms with E-state index < -0.39 is 0 Å². The molecule has 0 bridgehead atoms. The Bertz CT molecular complexity index is 187. The summed E-state index contributed by atoms with van der Waals surface area (Å²) < 4.78 is 0. The van der Waals surface area contributed by atoms with Gasteiger partial charge in [0.25, 0.3) is 0 Å². The van der Waals surface area contributed by atoms with E-state index in [1.807, 2.05) is 0 Å². The molecule has 2 saturated carbocycles. The van der Waals surface area contributed by atoms with Gasteiger partial charge in [-0.15, -0.1) is 0 Å². The Morgan fingerprint density at radius 3 is 2.38 bits per heavy atom. The molecule has 76 valence electrons.